The van der Waals surface area contributed by atoms with E-state index < -0.39 is 30.9 Å². The zero-order chi connectivity index (χ0) is 8.15. The van der Waals surface area contributed by atoms with Gasteiger partial charge in [0.1, 0.15) is 0 Å². The predicted octanol–water partition coefficient (Wildman–Crippen LogP) is -3.38. The Hall–Kier alpha value is -0.360. The largest absolute Gasteiger partial charge is 2.00 e. The van der Waals surface area contributed by atoms with Gasteiger partial charge >= 0.3 is 22.4 Å². The molecule has 0 aromatic carbocycles. The minimum absolute atomic E-state index is 0. The molecule has 0 aliphatic rings. The summed E-state index contributed by atoms with van der Waals surface area (Å²) in [5.41, 5.74) is 0. The molecule has 0 amide bonds. The molecule has 0 aliphatic carbocycles. The summed E-state index contributed by atoms with van der Waals surface area (Å²) in [4.78, 5) is 19.4. The Morgan fingerprint density at radius 1 is 1.18 bits per heavy atom. The third-order valence-electron chi connectivity index (χ3n) is 0.805. The van der Waals surface area contributed by atoms with Gasteiger partial charge in [0, 0.05) is 24.8 Å². The van der Waals surface area contributed by atoms with Crippen LogP contribution in [0.2, 0.25) is 0 Å². The van der Waals surface area contributed by atoms with E-state index in [-0.39, 0.29) is 22.4 Å². The summed E-state index contributed by atoms with van der Waals surface area (Å²) in [6, 6.07) is 0. The second kappa shape index (κ2) is 6.36. The normalized spacial score (nSPS) is 8.91. The fraction of sp³-hybridized carbons (Fsp3) is 0.600. The van der Waals surface area contributed by atoms with Gasteiger partial charge in [-0.25, -0.2) is 0 Å². The second-order valence-electron chi connectivity index (χ2n) is 1.81. The van der Waals surface area contributed by atoms with Crippen molar-refractivity contribution < 1.29 is 47.3 Å². The van der Waals surface area contributed by atoms with Gasteiger partial charge in [0.05, 0.1) is 6.10 Å². The molecule has 0 aliphatic heterocycles. The van der Waals surface area contributed by atoms with E-state index in [0.717, 1.165) is 0 Å². The summed E-state index contributed by atoms with van der Waals surface area (Å²) in [6.45, 7) is 0. The van der Waals surface area contributed by atoms with Crippen molar-refractivity contribution in [1.29, 1.82) is 0 Å². The number of aliphatic carboxylic acids is 2. The fourth-order valence-corrected chi connectivity index (χ4v) is 0.457. The molecule has 0 aromatic heterocycles. The van der Waals surface area contributed by atoms with Gasteiger partial charge in [-0.1, -0.05) is 0 Å². The molecule has 0 saturated heterocycles. The Morgan fingerprint density at radius 2 is 1.45 bits per heavy atom. The molecule has 0 fully saturated rings. The zero-order valence-electron chi connectivity index (χ0n) is 5.37. The van der Waals surface area contributed by atoms with E-state index >= 15 is 0 Å². The number of carboxylic acid groups (broad SMARTS) is 2. The number of aliphatic hydroxyl groups excluding tert-OH is 1. The maximum absolute atomic E-state index is 9.71. The number of hydrogen-bond donors (Lipinski definition) is 1. The average molecular weight is 254 g/mol. The quantitative estimate of drug-likeness (QED) is 0.527. The molecule has 0 spiro atoms. The van der Waals surface area contributed by atoms with E-state index in [9.17, 15) is 19.8 Å². The number of rotatable bonds is 4. The molecule has 0 heterocycles. The Kier molecular flexibility index (Phi) is 7.65. The van der Waals surface area contributed by atoms with Crippen molar-refractivity contribution in [2.75, 3.05) is 0 Å². The maximum atomic E-state index is 9.71. The van der Waals surface area contributed by atoms with Crippen molar-refractivity contribution >= 4 is 11.9 Å². The monoisotopic (exact) mass is 253 g/mol. The zero-order valence-corrected chi connectivity index (χ0v) is 6.86. The van der Waals surface area contributed by atoms with Gasteiger partial charge in [-0.15, -0.1) is 0 Å². The summed E-state index contributed by atoms with van der Waals surface area (Å²) in [5.74, 6) is -2.96. The van der Waals surface area contributed by atoms with Gasteiger partial charge in [-0.3, -0.25) is 0 Å². The molecule has 0 bridgehead atoms. The molecule has 1 N–H and O–H groups in total. The number of aliphatic hydroxyl groups is 1. The van der Waals surface area contributed by atoms with Gasteiger partial charge in [0.25, 0.3) is 0 Å². The van der Waals surface area contributed by atoms with Gasteiger partial charge in [0.15, 0.2) is 0 Å². The molecule has 0 unspecified atom stereocenters. The summed E-state index contributed by atoms with van der Waals surface area (Å²) in [5, 5.41) is 28.0. The van der Waals surface area contributed by atoms with Crippen LogP contribution in [0.1, 0.15) is 12.8 Å². The molecule has 0 atom stereocenters. The first-order valence-corrected chi connectivity index (χ1v) is 2.60. The third-order valence-corrected chi connectivity index (χ3v) is 0.805. The first-order valence-electron chi connectivity index (χ1n) is 2.60. The molecular weight excluding hydrogens is 248 g/mol. The number of carbonyl (C=O) groups excluding carboxylic acids is 2. The summed E-state index contributed by atoms with van der Waals surface area (Å²) >= 11 is 0. The molecule has 6 heteroatoms. The van der Waals surface area contributed by atoms with Gasteiger partial charge in [-0.05, 0) is 0 Å². The minimum Gasteiger partial charge on any atom is -0.550 e. The Balaban J connectivity index is 0. The SMILES string of the molecule is O=C([O-])CC(O)CC(=O)[O-].[Ag+2]. The third kappa shape index (κ3) is 9.64. The van der Waals surface area contributed by atoms with Crippen LogP contribution in [-0.2, 0) is 32.0 Å². The Bertz CT molecular complexity index is 130. The van der Waals surface area contributed by atoms with Crippen LogP contribution in [0.25, 0.3) is 0 Å². The predicted molar refractivity (Wildman–Crippen MR) is 25.3 cm³/mol. The van der Waals surface area contributed by atoms with Gasteiger partial charge in [0.2, 0.25) is 0 Å². The molecule has 5 nitrogen and oxygen atoms in total. The molecular formula is C5H6AgO5. The standard InChI is InChI=1S/C5H8O5.Ag/c6-3(1-4(7)8)2-5(9)10;/h3,6H,1-2H2,(H,7,8)(H,9,10);/q;+2/p-2. The van der Waals surface area contributed by atoms with Crippen molar-refractivity contribution in [3.63, 3.8) is 0 Å². The Morgan fingerprint density at radius 3 is 1.64 bits per heavy atom. The summed E-state index contributed by atoms with van der Waals surface area (Å²) in [7, 11) is 0. The minimum atomic E-state index is -1.48. The summed E-state index contributed by atoms with van der Waals surface area (Å²) in [6.07, 6.45) is -2.75. The van der Waals surface area contributed by atoms with Crippen molar-refractivity contribution in [2.45, 2.75) is 18.9 Å². The number of carboxylic acids is 2. The van der Waals surface area contributed by atoms with Crippen LogP contribution in [0, 0.1) is 0 Å². The fourth-order valence-electron chi connectivity index (χ4n) is 0.457. The average Bonchev–Trinajstić information content (AvgIpc) is 1.58. The van der Waals surface area contributed by atoms with Crippen LogP contribution in [0.3, 0.4) is 0 Å². The smallest absolute Gasteiger partial charge is 0.550 e. The van der Waals surface area contributed by atoms with Crippen LogP contribution in [-0.4, -0.2) is 23.1 Å². The van der Waals surface area contributed by atoms with Crippen molar-refractivity contribution in [3.05, 3.63) is 0 Å². The molecule has 0 aromatic rings. The van der Waals surface area contributed by atoms with Crippen molar-refractivity contribution in [2.24, 2.45) is 0 Å². The van der Waals surface area contributed by atoms with E-state index in [1.807, 2.05) is 0 Å². The Labute approximate surface area is 78.5 Å². The van der Waals surface area contributed by atoms with Gasteiger partial charge < -0.3 is 24.9 Å². The molecule has 1 radical (unpaired) electrons. The van der Waals surface area contributed by atoms with Crippen molar-refractivity contribution in [3.8, 4) is 0 Å². The van der Waals surface area contributed by atoms with E-state index in [4.69, 9.17) is 5.11 Å². The molecule has 0 saturated carbocycles. The topological polar surface area (TPSA) is 100 Å². The molecule has 11 heavy (non-hydrogen) atoms. The van der Waals surface area contributed by atoms with Gasteiger partial charge in [-0.2, -0.15) is 0 Å². The maximum Gasteiger partial charge on any atom is 2.00 e. The van der Waals surface area contributed by atoms with E-state index in [1.54, 1.807) is 0 Å². The summed E-state index contributed by atoms with van der Waals surface area (Å²) < 4.78 is 0. The molecule has 0 rings (SSSR count). The first-order chi connectivity index (χ1) is 4.52. The van der Waals surface area contributed by atoms with Crippen molar-refractivity contribution in [1.82, 2.24) is 0 Å². The van der Waals surface area contributed by atoms with Crippen LogP contribution >= 0.6 is 0 Å². The molecule has 67 valence electrons. The first kappa shape index (κ1) is 13.2. The van der Waals surface area contributed by atoms with E-state index in [1.165, 1.54) is 0 Å². The van der Waals surface area contributed by atoms with Crippen LogP contribution in [0.15, 0.2) is 0 Å². The van der Waals surface area contributed by atoms with Crippen LogP contribution in [0.5, 0.6) is 0 Å². The van der Waals surface area contributed by atoms with E-state index in [2.05, 4.69) is 0 Å². The van der Waals surface area contributed by atoms with Crippen LogP contribution < -0.4 is 10.2 Å². The second-order valence-corrected chi connectivity index (χ2v) is 1.81. The van der Waals surface area contributed by atoms with E-state index in [0.29, 0.717) is 0 Å². The number of hydrogen-bond acceptors (Lipinski definition) is 5. The van der Waals surface area contributed by atoms with Crippen LogP contribution in [0.4, 0.5) is 0 Å². The number of carbonyl (C=O) groups is 2.